The van der Waals surface area contributed by atoms with Crippen molar-refractivity contribution in [2.45, 2.75) is 19.6 Å². The fourth-order valence-electron chi connectivity index (χ4n) is 3.97. The summed E-state index contributed by atoms with van der Waals surface area (Å²) in [5.74, 6) is 0.673. The van der Waals surface area contributed by atoms with Crippen LogP contribution in [0.4, 0.5) is 8.78 Å². The van der Waals surface area contributed by atoms with Crippen LogP contribution in [0.15, 0.2) is 66.7 Å². The molecule has 166 valence electrons. The second kappa shape index (κ2) is 8.46. The van der Waals surface area contributed by atoms with Crippen LogP contribution in [0.25, 0.3) is 22.8 Å². The van der Waals surface area contributed by atoms with Crippen LogP contribution in [0, 0.1) is 11.6 Å². The van der Waals surface area contributed by atoms with Gasteiger partial charge in [0.05, 0.1) is 13.7 Å². The van der Waals surface area contributed by atoms with E-state index in [1.807, 2.05) is 18.2 Å². The Kier molecular flexibility index (Phi) is 5.34. The molecule has 0 spiro atoms. The van der Waals surface area contributed by atoms with Gasteiger partial charge in [-0.1, -0.05) is 12.1 Å². The van der Waals surface area contributed by atoms with E-state index in [1.54, 1.807) is 36.3 Å². The molecule has 6 nitrogen and oxygen atoms in total. The zero-order chi connectivity index (χ0) is 22.9. The predicted octanol–water partition coefficient (Wildman–Crippen LogP) is 4.44. The van der Waals surface area contributed by atoms with Crippen LogP contribution in [-0.2, 0) is 24.4 Å². The lowest BCUT2D eigenvalue weighted by Gasteiger charge is -2.16. The first-order valence-electron chi connectivity index (χ1n) is 10.4. The van der Waals surface area contributed by atoms with Crippen molar-refractivity contribution in [3.05, 3.63) is 89.5 Å². The molecule has 1 amide bonds. The third-order valence-electron chi connectivity index (χ3n) is 5.67. The normalized spacial score (nSPS) is 12.6. The van der Waals surface area contributed by atoms with Crippen LogP contribution >= 0.6 is 0 Å². The lowest BCUT2D eigenvalue weighted by atomic mass is 10.1. The minimum Gasteiger partial charge on any atom is -0.496 e. The Morgan fingerprint density at radius 1 is 0.939 bits per heavy atom. The van der Waals surface area contributed by atoms with Crippen LogP contribution in [0.5, 0.6) is 5.75 Å². The number of benzene rings is 3. The van der Waals surface area contributed by atoms with Crippen molar-refractivity contribution in [3.63, 3.8) is 0 Å². The van der Waals surface area contributed by atoms with Gasteiger partial charge in [-0.2, -0.15) is 0 Å². The van der Waals surface area contributed by atoms with E-state index in [-0.39, 0.29) is 24.1 Å². The highest BCUT2D eigenvalue weighted by atomic mass is 19.1. The van der Waals surface area contributed by atoms with Crippen LogP contribution in [-0.4, -0.2) is 32.7 Å². The third-order valence-corrected chi connectivity index (χ3v) is 5.67. The molecule has 1 aliphatic heterocycles. The number of fused-ring (bicyclic) bond motifs is 1. The van der Waals surface area contributed by atoms with Gasteiger partial charge in [0.1, 0.15) is 23.9 Å². The van der Waals surface area contributed by atoms with Gasteiger partial charge in [-0.3, -0.25) is 4.79 Å². The van der Waals surface area contributed by atoms with Crippen molar-refractivity contribution in [1.29, 1.82) is 0 Å². The highest BCUT2D eigenvalue weighted by Gasteiger charge is 2.27. The Morgan fingerprint density at radius 2 is 1.61 bits per heavy atom. The Labute approximate surface area is 189 Å². The zero-order valence-electron chi connectivity index (χ0n) is 17.8. The summed E-state index contributed by atoms with van der Waals surface area (Å²) in [6.07, 6.45) is 0. The molecule has 2 heterocycles. The van der Waals surface area contributed by atoms with E-state index >= 15 is 0 Å². The molecule has 0 fully saturated rings. The van der Waals surface area contributed by atoms with E-state index in [4.69, 9.17) is 4.74 Å². The largest absolute Gasteiger partial charge is 0.496 e. The second-order valence-corrected chi connectivity index (χ2v) is 7.78. The molecule has 5 rings (SSSR count). The first-order chi connectivity index (χ1) is 16.0. The van der Waals surface area contributed by atoms with E-state index in [9.17, 15) is 13.6 Å². The molecule has 4 aromatic rings. The summed E-state index contributed by atoms with van der Waals surface area (Å²) >= 11 is 0. The average molecular weight is 446 g/mol. The number of carbonyl (C=O) groups is 1. The van der Waals surface area contributed by atoms with Gasteiger partial charge in [0.15, 0.2) is 11.6 Å². The molecule has 0 saturated heterocycles. The van der Waals surface area contributed by atoms with Gasteiger partial charge in [0.2, 0.25) is 5.91 Å². The zero-order valence-corrected chi connectivity index (χ0v) is 17.8. The monoisotopic (exact) mass is 446 g/mol. The maximum absolute atomic E-state index is 13.5. The quantitative estimate of drug-likeness (QED) is 0.455. The van der Waals surface area contributed by atoms with Gasteiger partial charge in [0, 0.05) is 23.2 Å². The molecule has 1 aromatic heterocycles. The van der Waals surface area contributed by atoms with Crippen LogP contribution < -0.4 is 4.74 Å². The molecule has 0 unspecified atom stereocenters. The summed E-state index contributed by atoms with van der Waals surface area (Å²) in [6.45, 7) is 0.886. The molecule has 3 aromatic carbocycles. The topological polar surface area (TPSA) is 60.2 Å². The van der Waals surface area contributed by atoms with Gasteiger partial charge in [-0.25, -0.2) is 18.4 Å². The predicted molar refractivity (Wildman–Crippen MR) is 118 cm³/mol. The maximum Gasteiger partial charge on any atom is 0.245 e. The summed E-state index contributed by atoms with van der Waals surface area (Å²) in [4.78, 5) is 19.5. The summed E-state index contributed by atoms with van der Waals surface area (Å²) in [5, 5.41) is 4.52. The molecule has 8 heteroatoms. The average Bonchev–Trinajstić information content (AvgIpc) is 3.44. The molecule has 0 radical (unpaired) electrons. The molecule has 0 aliphatic carbocycles. The molecule has 0 atom stereocenters. The number of methoxy groups -OCH3 is 1. The van der Waals surface area contributed by atoms with Gasteiger partial charge in [-0.15, -0.1) is 5.10 Å². The summed E-state index contributed by atoms with van der Waals surface area (Å²) < 4.78 is 33.8. The van der Waals surface area contributed by atoms with Crippen LogP contribution in [0.1, 0.15) is 11.1 Å². The molecule has 0 saturated carbocycles. The SMILES string of the molecule is COc1cccc2c1CN(C(=O)Cn1nc(-c3ccc(F)cc3)nc1-c1ccc(F)cc1)C2. The Balaban J connectivity index is 1.46. The van der Waals surface area contributed by atoms with E-state index in [0.717, 1.165) is 16.9 Å². The minimum atomic E-state index is -0.372. The number of hydrogen-bond acceptors (Lipinski definition) is 4. The number of halogens is 2. The van der Waals surface area contributed by atoms with Crippen molar-refractivity contribution in [1.82, 2.24) is 19.7 Å². The molecular weight excluding hydrogens is 426 g/mol. The first-order valence-corrected chi connectivity index (χ1v) is 10.4. The highest BCUT2D eigenvalue weighted by molar-refractivity contribution is 5.78. The highest BCUT2D eigenvalue weighted by Crippen LogP contribution is 2.31. The van der Waals surface area contributed by atoms with Crippen molar-refractivity contribution < 1.29 is 18.3 Å². The maximum atomic E-state index is 13.5. The van der Waals surface area contributed by atoms with E-state index < -0.39 is 0 Å². The third kappa shape index (κ3) is 4.07. The van der Waals surface area contributed by atoms with Crippen molar-refractivity contribution in [2.75, 3.05) is 7.11 Å². The molecule has 0 N–H and O–H groups in total. The smallest absolute Gasteiger partial charge is 0.245 e. The minimum absolute atomic E-state index is 0.0444. The Hall–Kier alpha value is -4.07. The van der Waals surface area contributed by atoms with Crippen LogP contribution in [0.2, 0.25) is 0 Å². The standard InChI is InChI=1S/C25H20F2N4O2/c1-33-22-4-2-3-18-13-30(14-21(18)22)23(32)15-31-25(17-7-11-20(27)12-8-17)28-24(29-31)16-5-9-19(26)10-6-16/h2-12H,13-15H2,1H3. The van der Waals surface area contributed by atoms with E-state index in [2.05, 4.69) is 10.1 Å². The number of nitrogens with zero attached hydrogens (tertiary/aromatic N) is 4. The second-order valence-electron chi connectivity index (χ2n) is 7.78. The van der Waals surface area contributed by atoms with Gasteiger partial charge >= 0.3 is 0 Å². The summed E-state index contributed by atoms with van der Waals surface area (Å²) in [6, 6.07) is 17.4. The van der Waals surface area contributed by atoms with E-state index in [1.165, 1.54) is 28.9 Å². The summed E-state index contributed by atoms with van der Waals surface area (Å²) in [5.41, 5.74) is 3.28. The fraction of sp³-hybridized carbons (Fsp3) is 0.160. The molecule has 1 aliphatic rings. The molecule has 0 bridgehead atoms. The van der Waals surface area contributed by atoms with Crippen molar-refractivity contribution in [3.8, 4) is 28.5 Å². The lowest BCUT2D eigenvalue weighted by Crippen LogP contribution is -2.29. The van der Waals surface area contributed by atoms with Crippen molar-refractivity contribution >= 4 is 5.91 Å². The summed E-state index contributed by atoms with van der Waals surface area (Å²) in [7, 11) is 1.61. The van der Waals surface area contributed by atoms with Gasteiger partial charge < -0.3 is 9.64 Å². The number of hydrogen-bond donors (Lipinski definition) is 0. The molecule has 33 heavy (non-hydrogen) atoms. The number of rotatable bonds is 5. The van der Waals surface area contributed by atoms with E-state index in [0.29, 0.717) is 35.9 Å². The Morgan fingerprint density at radius 3 is 2.27 bits per heavy atom. The first kappa shape index (κ1) is 20.8. The van der Waals surface area contributed by atoms with Crippen molar-refractivity contribution in [2.24, 2.45) is 0 Å². The lowest BCUT2D eigenvalue weighted by molar-refractivity contribution is -0.132. The number of aromatic nitrogens is 3. The molecular formula is C25H20F2N4O2. The van der Waals surface area contributed by atoms with Crippen LogP contribution in [0.3, 0.4) is 0 Å². The number of carbonyl (C=O) groups excluding carboxylic acids is 1. The number of ether oxygens (including phenoxy) is 1. The van der Waals surface area contributed by atoms with Gasteiger partial charge in [-0.05, 0) is 60.2 Å². The Bertz CT molecular complexity index is 1320. The van der Waals surface area contributed by atoms with Gasteiger partial charge in [0.25, 0.3) is 0 Å². The number of amides is 1. The fourth-order valence-corrected chi connectivity index (χ4v) is 3.97.